The standard InChI is InChI=1S/C23H29Br2O7P.C22H20Br2FO4P.C22H28NO3P.C20H27O4P.C18H16Cl2NO4P/c1-14(2)17-9-15(7-8-20(17)26)32-21-18(24)10-16(11-19(21)25)30-13-33(6,28)31-12-29-22(27)23(3,4)5;1-30(2,27)13-28-18-11-19(23)22(20(24)12-18)29-17-7-8-21(26)15(10-17)9-14-3-5-16(25)6-4-14;1-14(2)21-12-23-22-7-6-17(11-20(21)22)10-19-15(3)8-18(9-16(19)4)26-13-27(5,24)25;1-13(2)18-10-16(6-7-20(18)21)11-19-14(3)8-17(9-15(19)4)12-24-25(5,22)23;1-26(23,24)10-21-11-8-14(19)18(15(20)9-11)25-17-7-6-16(22)12-4-2-3-5-13(12)17/h7-11,14,26H,12-13H2,1-6H3;3-8,10-12,26H,9,13H2,1-2H3;6-9,11-12,14,23H,10,13H2,1-5H3,(H,24,25);6-10,13,21H,11-12H2,1-5H3,(H,22,23);2-9,21-22H,10H2,1H3,(H,23,24). The molecule has 0 aliphatic rings. The minimum absolute atomic E-state index is 0.0948. The molecule has 0 fully saturated rings. The molecule has 0 aliphatic heterocycles. The maximum atomic E-state index is 13.1. The highest BCUT2D eigenvalue weighted by Gasteiger charge is 2.28. The molecular weight excluding hydrogens is 2210 g/mol. The lowest BCUT2D eigenvalue weighted by Gasteiger charge is -2.19. The highest BCUT2D eigenvalue weighted by Crippen LogP contribution is 2.50. The number of phenols is 4. The molecule has 1 heterocycles. The SMILES string of the molecule is CC(C)c1cc(Oc2c(Br)cc(OCP(C)(=O)OCOC(=O)C(C)(C)C)cc2Br)ccc1O.CP(=O)(O)CNc1cc(Cl)c(Oc2ccc(O)c3ccccc23)c(Cl)c1.CP(C)(=O)COc1cc(Br)c(Oc2ccc(O)c(Cc3ccc(F)cc3)c2)c(Br)c1.Cc1cc(COP(C)(=O)O)cc(C)c1Cc1ccc(O)c(C(C)C)c1.Cc1cc(OCP(C)(=O)O)cc(C)c1Cc1ccc2[nH]cc(C(C)C)c2c1. The number of hydrogen-bond donors (Lipinski definition) is 9. The molecule has 0 saturated carbocycles. The number of aryl methyl sites for hydroxylation is 4. The Balaban J connectivity index is 0.000000197. The van der Waals surface area contributed by atoms with E-state index in [2.05, 4.69) is 146 Å². The van der Waals surface area contributed by atoms with E-state index in [1.165, 1.54) is 78.0 Å². The number of carbonyl (C=O) groups excluding carboxylic acids is 1. The summed E-state index contributed by atoms with van der Waals surface area (Å²) in [5, 5.41) is 46.2. The van der Waals surface area contributed by atoms with Gasteiger partial charge in [-0.1, -0.05) is 131 Å². The van der Waals surface area contributed by atoms with E-state index < -0.39 is 55.0 Å². The van der Waals surface area contributed by atoms with Gasteiger partial charge in [0.2, 0.25) is 22.1 Å². The largest absolute Gasteiger partial charge is 0.508 e. The van der Waals surface area contributed by atoms with Gasteiger partial charge in [-0.15, -0.1) is 0 Å². The van der Waals surface area contributed by atoms with Crippen LogP contribution in [0, 0.1) is 38.9 Å². The van der Waals surface area contributed by atoms with Crippen molar-refractivity contribution >= 4 is 157 Å². The number of carbonyl (C=O) groups is 1. The molecular formula is C105H120Br4Cl2FN2O22P5. The van der Waals surface area contributed by atoms with Crippen LogP contribution in [0.15, 0.2) is 218 Å². The van der Waals surface area contributed by atoms with Gasteiger partial charge in [-0.2, -0.15) is 0 Å². The molecule has 1 aromatic heterocycles. The van der Waals surface area contributed by atoms with Gasteiger partial charge >= 0.3 is 13.6 Å². The summed E-state index contributed by atoms with van der Waals surface area (Å²) in [6.07, 6.45) is 3.87. The van der Waals surface area contributed by atoms with Crippen molar-refractivity contribution in [3.8, 4) is 74.7 Å². The zero-order valence-electron chi connectivity index (χ0n) is 81.8. The fourth-order valence-electron chi connectivity index (χ4n) is 14.1. The molecule has 0 aliphatic carbocycles. The summed E-state index contributed by atoms with van der Waals surface area (Å²) in [4.78, 5) is 43.2. The van der Waals surface area contributed by atoms with Crippen molar-refractivity contribution in [2.45, 2.75) is 134 Å². The number of fused-ring (bicyclic) bond motifs is 2. The lowest BCUT2D eigenvalue weighted by atomic mass is 9.92. The zero-order valence-corrected chi connectivity index (χ0v) is 94.1. The van der Waals surface area contributed by atoms with Gasteiger partial charge < -0.3 is 87.7 Å². The monoisotopic (exact) mass is 2320 g/mol. The van der Waals surface area contributed by atoms with Crippen LogP contribution in [0.5, 0.6) is 74.7 Å². The number of anilines is 1. The summed E-state index contributed by atoms with van der Waals surface area (Å²) < 4.78 is 124. The van der Waals surface area contributed by atoms with Crippen LogP contribution in [0.2, 0.25) is 10.0 Å². The quantitative estimate of drug-likeness (QED) is 0.0105. The first-order valence-electron chi connectivity index (χ1n) is 44.5. The summed E-state index contributed by atoms with van der Waals surface area (Å²) in [6.45, 7) is 34.1. The van der Waals surface area contributed by atoms with Crippen LogP contribution in [-0.4, -0.2) is 118 Å². The van der Waals surface area contributed by atoms with Crippen molar-refractivity contribution in [3.05, 3.63) is 312 Å². The number of benzene rings is 12. The molecule has 4 unspecified atom stereocenters. The van der Waals surface area contributed by atoms with Crippen LogP contribution in [0.25, 0.3) is 21.7 Å². The van der Waals surface area contributed by atoms with E-state index >= 15 is 0 Å². The van der Waals surface area contributed by atoms with Crippen molar-refractivity contribution in [1.82, 2.24) is 4.98 Å². The van der Waals surface area contributed by atoms with Crippen LogP contribution in [-0.2, 0) is 67.3 Å². The molecule has 756 valence electrons. The Morgan fingerprint density at radius 2 is 0.915 bits per heavy atom. The summed E-state index contributed by atoms with van der Waals surface area (Å²) in [6, 6.07) is 56.9. The van der Waals surface area contributed by atoms with Gasteiger partial charge in [0.15, 0.2) is 36.7 Å². The van der Waals surface area contributed by atoms with Gasteiger partial charge in [-0.25, -0.2) is 4.39 Å². The van der Waals surface area contributed by atoms with E-state index in [1.54, 1.807) is 137 Å². The second kappa shape index (κ2) is 50.7. The molecule has 0 radical (unpaired) electrons. The van der Waals surface area contributed by atoms with Gasteiger partial charge in [0.25, 0.3) is 0 Å². The normalized spacial score (nSPS) is 13.2. The van der Waals surface area contributed by atoms with Crippen LogP contribution in [0.1, 0.15) is 158 Å². The van der Waals surface area contributed by atoms with Gasteiger partial charge in [0, 0.05) is 77.8 Å². The Bertz CT molecular complexity index is 6760. The number of rotatable bonds is 33. The molecule has 0 bridgehead atoms. The fourth-order valence-corrected chi connectivity index (χ4v) is 19.8. The predicted octanol–water partition coefficient (Wildman–Crippen LogP) is 31.7. The van der Waals surface area contributed by atoms with Crippen molar-refractivity contribution in [3.63, 3.8) is 0 Å². The van der Waals surface area contributed by atoms with E-state index in [0.29, 0.717) is 104 Å². The Labute approximate surface area is 867 Å². The summed E-state index contributed by atoms with van der Waals surface area (Å²) >= 11 is 26.5. The number of halogens is 7. The molecule has 24 nitrogen and oxygen atoms in total. The van der Waals surface area contributed by atoms with Crippen LogP contribution in [0.3, 0.4) is 0 Å². The number of esters is 1. The van der Waals surface area contributed by atoms with Gasteiger partial charge in [0.05, 0.1) is 46.2 Å². The summed E-state index contributed by atoms with van der Waals surface area (Å²) in [7, 11) is -15.3. The Morgan fingerprint density at radius 3 is 1.43 bits per heavy atom. The smallest absolute Gasteiger partial charge is 0.325 e. The molecule has 9 N–H and O–H groups in total. The molecule has 0 amide bonds. The first kappa shape index (κ1) is 116. The topological polar surface area (TPSA) is 355 Å². The molecule has 13 aromatic rings. The molecule has 36 heteroatoms. The van der Waals surface area contributed by atoms with Crippen molar-refractivity contribution < 1.29 is 109 Å². The van der Waals surface area contributed by atoms with E-state index in [-0.39, 0.29) is 82.6 Å². The number of aromatic nitrogens is 1. The van der Waals surface area contributed by atoms with Crippen LogP contribution >= 0.6 is 124 Å². The number of H-pyrrole nitrogens is 1. The van der Waals surface area contributed by atoms with Crippen molar-refractivity contribution in [2.24, 2.45) is 5.41 Å². The van der Waals surface area contributed by atoms with Gasteiger partial charge in [-0.3, -0.25) is 27.6 Å². The molecule has 13 rings (SSSR count). The third kappa shape index (κ3) is 36.4. The van der Waals surface area contributed by atoms with Crippen molar-refractivity contribution in [2.75, 3.05) is 77.4 Å². The fraction of sp³-hybridized carbons (Fsp3) is 0.305. The maximum absolute atomic E-state index is 13.1. The minimum atomic E-state index is -3.47. The maximum Gasteiger partial charge on any atom is 0.325 e. The second-order valence-corrected chi connectivity index (χ2v) is 53.7. The second-order valence-electron chi connectivity index (χ2n) is 36.9. The molecule has 4 atom stereocenters. The number of nitrogens with one attached hydrogen (secondary N) is 2. The van der Waals surface area contributed by atoms with Crippen molar-refractivity contribution in [1.29, 1.82) is 0 Å². The predicted molar refractivity (Wildman–Crippen MR) is 579 cm³/mol. The molecule has 141 heavy (non-hydrogen) atoms. The number of aromatic hydroxyl groups is 4. The van der Waals surface area contributed by atoms with E-state index in [0.717, 1.165) is 62.9 Å². The third-order valence-corrected chi connectivity index (χ3v) is 28.3. The van der Waals surface area contributed by atoms with Crippen LogP contribution in [0.4, 0.5) is 10.1 Å². The average molecular weight is 2330 g/mol. The van der Waals surface area contributed by atoms with E-state index in [1.807, 2.05) is 76.2 Å². The summed E-state index contributed by atoms with van der Waals surface area (Å²) in [5.41, 5.74) is 16.0. The number of phenolic OH excluding ortho intramolecular Hbond substituents is 4. The highest BCUT2D eigenvalue weighted by atomic mass is 79.9. The number of ether oxygens (including phenoxy) is 7. The molecule has 0 spiro atoms. The number of hydrogen-bond acceptors (Lipinski definition) is 20. The number of aromatic amines is 1. The van der Waals surface area contributed by atoms with E-state index in [4.69, 9.17) is 65.4 Å². The first-order chi connectivity index (χ1) is 65.7. The van der Waals surface area contributed by atoms with Gasteiger partial charge in [0.1, 0.15) is 76.8 Å². The first-order valence-corrected chi connectivity index (χ1v) is 60.1. The third-order valence-electron chi connectivity index (χ3n) is 21.4. The Kier molecular flexibility index (Phi) is 41.6. The van der Waals surface area contributed by atoms with E-state index in [9.17, 15) is 67.1 Å². The van der Waals surface area contributed by atoms with Crippen LogP contribution < -0.4 is 33.7 Å². The highest BCUT2D eigenvalue weighted by molar-refractivity contribution is 9.11. The lowest BCUT2D eigenvalue weighted by Crippen LogP contribution is -2.23. The summed E-state index contributed by atoms with van der Waals surface area (Å²) in [5.74, 6) is 5.56. The average Bonchev–Trinajstić information content (AvgIpc) is 1.14. The molecule has 12 aromatic carbocycles. The zero-order chi connectivity index (χ0) is 104. The van der Waals surface area contributed by atoms with Gasteiger partial charge in [-0.05, 0) is 350 Å². The lowest BCUT2D eigenvalue weighted by molar-refractivity contribution is -0.159. The Morgan fingerprint density at radius 1 is 0.454 bits per heavy atom. The Hall–Kier alpha value is -8.91. The minimum Gasteiger partial charge on any atom is -0.508 e. The molecule has 0 saturated heterocycles.